The van der Waals surface area contributed by atoms with Crippen molar-refractivity contribution in [2.24, 2.45) is 11.8 Å². The zero-order valence-corrected chi connectivity index (χ0v) is 19.2. The van der Waals surface area contributed by atoms with E-state index in [9.17, 15) is 25.9 Å². The van der Waals surface area contributed by atoms with E-state index in [1.54, 1.807) is 13.8 Å². The molecule has 30 heavy (non-hydrogen) atoms. The summed E-state index contributed by atoms with van der Waals surface area (Å²) >= 11 is 0. The van der Waals surface area contributed by atoms with Crippen LogP contribution in [0.25, 0.3) is 0 Å². The van der Waals surface area contributed by atoms with E-state index < -0.39 is 49.6 Å². The van der Waals surface area contributed by atoms with Crippen molar-refractivity contribution in [3.8, 4) is 0 Å². The summed E-state index contributed by atoms with van der Waals surface area (Å²) in [6.45, 7) is 4.63. The van der Waals surface area contributed by atoms with Crippen molar-refractivity contribution in [2.75, 3.05) is 31.3 Å². The Hall–Kier alpha value is -0.340. The maximum atomic E-state index is 11.3. The zero-order valence-electron chi connectivity index (χ0n) is 17.6. The first kappa shape index (κ1) is 25.9. The van der Waals surface area contributed by atoms with Gasteiger partial charge in [-0.15, -0.1) is 0 Å². The second kappa shape index (κ2) is 11.0. The predicted octanol–water partition coefficient (Wildman–Crippen LogP) is 1.86. The number of rotatable bonds is 12. The van der Waals surface area contributed by atoms with Crippen LogP contribution in [0.15, 0.2) is 0 Å². The Morgan fingerprint density at radius 2 is 1.70 bits per heavy atom. The molecule has 4 unspecified atom stereocenters. The topological polar surface area (TPSA) is 146 Å². The Bertz CT molecular complexity index is 728. The summed E-state index contributed by atoms with van der Waals surface area (Å²) < 4.78 is 86.6. The van der Waals surface area contributed by atoms with Crippen molar-refractivity contribution in [2.45, 2.75) is 70.6 Å². The Balaban J connectivity index is 2.09. The van der Waals surface area contributed by atoms with Crippen LogP contribution in [-0.2, 0) is 39.2 Å². The minimum Gasteiger partial charge on any atom is -0.353 e. The van der Waals surface area contributed by atoms with Gasteiger partial charge in [0.05, 0.1) is 30.8 Å². The van der Waals surface area contributed by atoms with E-state index in [0.717, 1.165) is 19.3 Å². The first-order valence-electron chi connectivity index (χ1n) is 10.3. The lowest BCUT2D eigenvalue weighted by atomic mass is 9.82. The van der Waals surface area contributed by atoms with Gasteiger partial charge in [0.2, 0.25) is 0 Å². The molecule has 0 spiro atoms. The minimum atomic E-state index is -4.21. The second-order valence-corrected chi connectivity index (χ2v) is 11.5. The van der Waals surface area contributed by atoms with Gasteiger partial charge in [0.25, 0.3) is 20.2 Å². The van der Waals surface area contributed by atoms with E-state index in [1.807, 2.05) is 0 Å². The van der Waals surface area contributed by atoms with Crippen molar-refractivity contribution < 1.29 is 44.9 Å². The molecule has 2 N–H and O–H groups in total. The number of hydrogen-bond acceptors (Lipinski definition) is 8. The molecule has 2 fully saturated rings. The fourth-order valence-corrected chi connectivity index (χ4v) is 5.17. The molecule has 0 bridgehead atoms. The summed E-state index contributed by atoms with van der Waals surface area (Å²) in [5.74, 6) is -2.53. The van der Waals surface area contributed by atoms with E-state index in [0.29, 0.717) is 19.6 Å². The van der Waals surface area contributed by atoms with Gasteiger partial charge in [-0.2, -0.15) is 16.8 Å². The smallest absolute Gasteiger partial charge is 0.264 e. The standard InChI is InChI=1S/C18H34O10S2/c1-18(2)27-13-16(28-18)15(8-12-30(22,23)24)14(7-11-29(19,20)21)6-10-26-17-5-3-4-9-25-17/h14-17H,3-13H2,1-2H3,(H,19,20,21)(H,22,23,24). The minimum absolute atomic E-state index is 0.0685. The molecule has 10 nitrogen and oxygen atoms in total. The highest BCUT2D eigenvalue weighted by Crippen LogP contribution is 2.35. The van der Waals surface area contributed by atoms with Crippen LogP contribution in [0.3, 0.4) is 0 Å². The van der Waals surface area contributed by atoms with E-state index >= 15 is 0 Å². The largest absolute Gasteiger partial charge is 0.353 e. The van der Waals surface area contributed by atoms with Gasteiger partial charge in [-0.1, -0.05) is 0 Å². The van der Waals surface area contributed by atoms with Gasteiger partial charge in [0.1, 0.15) is 0 Å². The van der Waals surface area contributed by atoms with Gasteiger partial charge in [-0.05, 0) is 64.2 Å². The third kappa shape index (κ3) is 9.86. The molecule has 0 aromatic carbocycles. The Morgan fingerprint density at radius 3 is 2.23 bits per heavy atom. The van der Waals surface area contributed by atoms with Gasteiger partial charge < -0.3 is 18.9 Å². The molecule has 0 radical (unpaired) electrons. The van der Waals surface area contributed by atoms with E-state index in [2.05, 4.69) is 0 Å². The fraction of sp³-hybridized carbons (Fsp3) is 1.00. The van der Waals surface area contributed by atoms with Crippen molar-refractivity contribution >= 4 is 20.2 Å². The van der Waals surface area contributed by atoms with E-state index in [1.165, 1.54) is 0 Å². The van der Waals surface area contributed by atoms with Crippen molar-refractivity contribution in [1.29, 1.82) is 0 Å². The lowest BCUT2D eigenvalue weighted by Crippen LogP contribution is -2.35. The van der Waals surface area contributed by atoms with Crippen molar-refractivity contribution in [1.82, 2.24) is 0 Å². The summed E-state index contributed by atoms with van der Waals surface area (Å²) in [7, 11) is -8.40. The summed E-state index contributed by atoms with van der Waals surface area (Å²) in [5.41, 5.74) is 0. The van der Waals surface area contributed by atoms with Crippen molar-refractivity contribution in [3.63, 3.8) is 0 Å². The van der Waals surface area contributed by atoms with Crippen LogP contribution >= 0.6 is 0 Å². The number of ether oxygens (including phenoxy) is 4. The highest BCUT2D eigenvalue weighted by Gasteiger charge is 2.40. The monoisotopic (exact) mass is 474 g/mol. The van der Waals surface area contributed by atoms with Crippen LogP contribution in [0.5, 0.6) is 0 Å². The molecule has 0 saturated carbocycles. The molecule has 2 rings (SSSR count). The first-order valence-corrected chi connectivity index (χ1v) is 13.5. The summed E-state index contributed by atoms with van der Waals surface area (Å²) in [6, 6.07) is 0. The normalized spacial score (nSPS) is 27.1. The SMILES string of the molecule is CC1(C)OCC(C(CCS(=O)(=O)O)C(CCOC2CCCCO2)CCS(=O)(=O)O)O1. The summed E-state index contributed by atoms with van der Waals surface area (Å²) in [4.78, 5) is 0. The fourth-order valence-electron chi connectivity index (χ4n) is 4.00. The maximum absolute atomic E-state index is 11.3. The molecular formula is C18H34O10S2. The third-order valence-corrected chi connectivity index (χ3v) is 7.00. The molecule has 178 valence electrons. The Morgan fingerprint density at radius 1 is 1.03 bits per heavy atom. The van der Waals surface area contributed by atoms with Gasteiger partial charge >= 0.3 is 0 Å². The summed E-state index contributed by atoms with van der Waals surface area (Å²) in [6.07, 6.45) is 2.60. The van der Waals surface area contributed by atoms with Gasteiger partial charge in [0.15, 0.2) is 12.1 Å². The molecule has 12 heteroatoms. The Labute approximate surface area is 179 Å². The van der Waals surface area contributed by atoms with Crippen LogP contribution < -0.4 is 0 Å². The van der Waals surface area contributed by atoms with Crippen LogP contribution in [0.2, 0.25) is 0 Å². The van der Waals surface area contributed by atoms with Gasteiger partial charge in [-0.3, -0.25) is 9.11 Å². The Kier molecular flexibility index (Phi) is 9.50. The molecular weight excluding hydrogens is 440 g/mol. The second-order valence-electron chi connectivity index (χ2n) is 8.40. The highest BCUT2D eigenvalue weighted by atomic mass is 32.2. The summed E-state index contributed by atoms with van der Waals surface area (Å²) in [5, 5.41) is 0. The molecule has 4 atom stereocenters. The van der Waals surface area contributed by atoms with Gasteiger partial charge in [0, 0.05) is 6.61 Å². The maximum Gasteiger partial charge on any atom is 0.264 e. The molecule has 2 saturated heterocycles. The molecule has 2 heterocycles. The molecule has 0 aliphatic carbocycles. The zero-order chi connectivity index (χ0) is 22.4. The quantitative estimate of drug-likeness (QED) is 0.402. The molecule has 0 aromatic heterocycles. The van der Waals surface area contributed by atoms with E-state index in [4.69, 9.17) is 18.9 Å². The van der Waals surface area contributed by atoms with Crippen LogP contribution in [-0.4, -0.2) is 75.4 Å². The molecule has 0 amide bonds. The van der Waals surface area contributed by atoms with Crippen LogP contribution in [0, 0.1) is 11.8 Å². The van der Waals surface area contributed by atoms with Crippen LogP contribution in [0.4, 0.5) is 0 Å². The molecule has 2 aliphatic rings. The van der Waals surface area contributed by atoms with Gasteiger partial charge in [-0.25, -0.2) is 0 Å². The third-order valence-electron chi connectivity index (χ3n) is 5.50. The average Bonchev–Trinajstić information content (AvgIpc) is 2.98. The lowest BCUT2D eigenvalue weighted by Gasteiger charge is -2.32. The molecule has 0 aromatic rings. The van der Waals surface area contributed by atoms with Crippen molar-refractivity contribution in [3.05, 3.63) is 0 Å². The first-order chi connectivity index (χ1) is 13.8. The lowest BCUT2D eigenvalue weighted by molar-refractivity contribution is -0.166. The number of hydrogen-bond donors (Lipinski definition) is 2. The van der Waals surface area contributed by atoms with Crippen LogP contribution in [0.1, 0.15) is 52.4 Å². The molecule has 2 aliphatic heterocycles. The predicted molar refractivity (Wildman–Crippen MR) is 108 cm³/mol. The average molecular weight is 475 g/mol. The highest BCUT2D eigenvalue weighted by molar-refractivity contribution is 7.86. The van der Waals surface area contributed by atoms with E-state index in [-0.39, 0.29) is 31.7 Å².